The molecule has 8 rings (SSSR count). The molecule has 3 aromatic heterocycles. The van der Waals surface area contributed by atoms with Gasteiger partial charge in [0, 0.05) is 36.8 Å². The normalized spacial score (nSPS) is 23.1. The molecule has 4 N–H and O–H groups in total. The Morgan fingerprint density at radius 1 is 0.523 bits per heavy atom. The number of rotatable bonds is 27. The van der Waals surface area contributed by atoms with E-state index in [1.807, 2.05) is 143 Å². The van der Waals surface area contributed by atoms with Crippen molar-refractivity contribution >= 4 is 56.7 Å². The highest BCUT2D eigenvalue weighted by Gasteiger charge is 2.58. The number of benzene rings is 2. The zero-order chi connectivity index (χ0) is 81.6. The molecule has 2 aromatic carbocycles. The van der Waals surface area contributed by atoms with Gasteiger partial charge in [-0.1, -0.05) is 69.2 Å². The number of aromatic nitrogens is 6. The molecule has 0 radical (unpaired) electrons. The second-order valence-electron chi connectivity index (χ2n) is 31.9. The number of nitrogens with one attached hydrogen (secondary N) is 3. The molecule has 0 saturated carbocycles. The van der Waals surface area contributed by atoms with Crippen LogP contribution < -0.4 is 33.7 Å². The Kier molecular flexibility index (Phi) is 28.7. The fourth-order valence-electron chi connectivity index (χ4n) is 11.3. The standard InChI is InChI=1S/C46H68N5O16PSi2.C27H38N2O9Si/c1-16-31-37(39(67-70(14,15)46(8,9)10)41(62-31)51-21-18-34(53)49-44(51)57)65-68(58,60-22-19-47-11)61-25-32-36(64-35(54)26-59-42(55)30-23-27(2)29(4)28(3)24-30)38(66-69(12,13)45(5,6)7)40(63-32)50-20-17-33(52)48-43(50)56;1-15-11-18(12-16(2)17(15)3)25(33)35-14-21(32)37-22-19(13-30)36-24(29-10-9-20(31)28-26(29)34)23(22)38-39(7,8)27(4,5)6/h17-18,20-21,23-24,31-32,36-41H,16,19,22,25-26H2,1-10,12-15H3,(H,48,52,56)(H,49,53,57);9-12,19,22-24,30H,13-14H2,1-8H3,(H,28,31,34). The van der Waals surface area contributed by atoms with Crippen molar-refractivity contribution in [3.05, 3.63) is 179 Å². The van der Waals surface area contributed by atoms with Gasteiger partial charge in [-0.25, -0.2) is 44.7 Å². The predicted octanol–water partition coefficient (Wildman–Crippen LogP) is 8.72. The summed E-state index contributed by atoms with van der Waals surface area (Å²) in [5.74, 6) is -3.35. The summed E-state index contributed by atoms with van der Waals surface area (Å²) in [5, 5.41) is 8.97. The number of phosphoric ester groups is 1. The van der Waals surface area contributed by atoms with Crippen LogP contribution in [0, 0.1) is 48.1 Å². The highest BCUT2D eigenvalue weighted by atomic mass is 31.2. The monoisotopic (exact) mass is 1600 g/mol. The fraction of sp³-hybridized carbons (Fsp3) is 0.603. The van der Waals surface area contributed by atoms with E-state index in [9.17, 15) is 53.1 Å². The van der Waals surface area contributed by atoms with Gasteiger partial charge >= 0.3 is 48.8 Å². The van der Waals surface area contributed by atoms with Crippen LogP contribution in [0.25, 0.3) is 4.85 Å². The first kappa shape index (κ1) is 88.5. The van der Waals surface area contributed by atoms with Crippen LogP contribution in [0.5, 0.6) is 0 Å². The Morgan fingerprint density at radius 2 is 0.853 bits per heavy atom. The summed E-state index contributed by atoms with van der Waals surface area (Å²) in [5.41, 5.74) is 1.83. The topological polar surface area (TPSA) is 395 Å². The first-order valence-corrected chi connectivity index (χ1v) is 46.0. The third kappa shape index (κ3) is 21.5. The molecule has 13 atom stereocenters. The van der Waals surface area contributed by atoms with Gasteiger partial charge in [-0.15, -0.1) is 0 Å². The number of carbonyl (C=O) groups excluding carboxylic acids is 4. The smallest absolute Gasteiger partial charge is 0.454 e. The molecule has 5 aromatic rings. The third-order valence-electron chi connectivity index (χ3n) is 21.1. The van der Waals surface area contributed by atoms with Crippen molar-refractivity contribution in [3.63, 3.8) is 0 Å². The molecule has 3 aliphatic rings. The van der Waals surface area contributed by atoms with Crippen molar-refractivity contribution in [1.82, 2.24) is 28.7 Å². The number of phosphoric acid groups is 1. The van der Waals surface area contributed by atoms with E-state index in [2.05, 4.69) is 19.8 Å². The molecule has 36 heteroatoms. The Labute approximate surface area is 635 Å². The molecular formula is C73H106N7O25PSi3. The fourth-order valence-corrected chi connectivity index (χ4v) is 16.6. The van der Waals surface area contributed by atoms with Gasteiger partial charge in [-0.3, -0.25) is 56.6 Å². The van der Waals surface area contributed by atoms with Gasteiger partial charge in [0.25, 0.3) is 16.7 Å². The average molecular weight is 1600 g/mol. The molecule has 600 valence electrons. The maximum absolute atomic E-state index is 15.2. The van der Waals surface area contributed by atoms with Crippen LogP contribution in [0.4, 0.5) is 0 Å². The van der Waals surface area contributed by atoms with Crippen LogP contribution >= 0.6 is 7.82 Å². The quantitative estimate of drug-likeness (QED) is 0.00952. The number of aliphatic hydroxyl groups is 1. The number of carbonyl (C=O) groups is 4. The van der Waals surface area contributed by atoms with Crippen molar-refractivity contribution in [2.45, 2.75) is 245 Å². The molecule has 6 heterocycles. The number of hydrogen-bond donors (Lipinski definition) is 4. The second-order valence-corrected chi connectivity index (χ2v) is 47.8. The molecule has 109 heavy (non-hydrogen) atoms. The summed E-state index contributed by atoms with van der Waals surface area (Å²) >= 11 is 0. The molecule has 32 nitrogen and oxygen atoms in total. The highest BCUT2D eigenvalue weighted by molar-refractivity contribution is 7.48. The summed E-state index contributed by atoms with van der Waals surface area (Å²) in [7, 11) is -13.1. The Hall–Kier alpha value is -7.67. The van der Waals surface area contributed by atoms with Crippen molar-refractivity contribution in [2.75, 3.05) is 39.6 Å². The number of aliphatic hydroxyl groups excluding tert-OH is 1. The molecule has 0 bridgehead atoms. The van der Waals surface area contributed by atoms with Crippen molar-refractivity contribution < 1.29 is 88.9 Å². The number of esters is 4. The lowest BCUT2D eigenvalue weighted by Gasteiger charge is -2.41. The lowest BCUT2D eigenvalue weighted by molar-refractivity contribution is -0.160. The van der Waals surface area contributed by atoms with Gasteiger partial charge in [-0.05, 0) is 160 Å². The maximum atomic E-state index is 15.2. The lowest BCUT2D eigenvalue weighted by atomic mass is 10.0. The van der Waals surface area contributed by atoms with Crippen LogP contribution in [0.15, 0.2) is 89.8 Å². The molecular weight excluding hydrogens is 1490 g/mol. The largest absolute Gasteiger partial charge is 0.475 e. The Morgan fingerprint density at radius 3 is 1.17 bits per heavy atom. The summed E-state index contributed by atoms with van der Waals surface area (Å²) in [6, 6.07) is 10.1. The molecule has 0 spiro atoms. The molecule has 3 fully saturated rings. The van der Waals surface area contributed by atoms with E-state index in [4.69, 9.17) is 66.6 Å². The number of ether oxygens (including phenoxy) is 7. The second kappa shape index (κ2) is 35.4. The molecule has 0 aliphatic carbocycles. The zero-order valence-electron chi connectivity index (χ0n) is 66.1. The SMILES string of the molecule is Cc1cc(C(=O)OCC(=O)OC2C(CO)OC(n3ccc(=O)[nH]c3=O)C2O[Si](C)(C)C(C)(C)C)cc(C)c1C.[C-]#[N+]CCOP(=O)(OCC1OC(n2ccc(=O)[nH]c2=O)C(O[Si](C)(C)C(C)(C)C)C1OC(=O)COC(=O)c1cc(C)c(C)c(C)c1)OC1C(CC)OC(n2ccc(=O)[nH]c2=O)C1O[Si](C)(C)C(C)(C)C. The Balaban J connectivity index is 0.000000357. The van der Waals surface area contributed by atoms with Crippen LogP contribution in [0.1, 0.15) is 148 Å². The van der Waals surface area contributed by atoms with Gasteiger partial charge in [0.05, 0.1) is 30.4 Å². The number of H-pyrrole nitrogens is 3. The minimum absolute atomic E-state index is 0.224. The van der Waals surface area contributed by atoms with E-state index in [0.717, 1.165) is 65.3 Å². The highest BCUT2D eigenvalue weighted by Crippen LogP contribution is 2.56. The van der Waals surface area contributed by atoms with Crippen molar-refractivity contribution in [3.8, 4) is 0 Å². The van der Waals surface area contributed by atoms with Crippen molar-refractivity contribution in [2.24, 2.45) is 0 Å². The average Bonchev–Trinajstić information content (AvgIpc) is 1.62. The van der Waals surface area contributed by atoms with Crippen LogP contribution in [-0.4, -0.2) is 177 Å². The summed E-state index contributed by atoms with van der Waals surface area (Å²) < 4.78 is 98.4. The van der Waals surface area contributed by atoms with E-state index >= 15 is 4.57 Å². The predicted molar refractivity (Wildman–Crippen MR) is 407 cm³/mol. The molecule has 3 saturated heterocycles. The van der Waals surface area contributed by atoms with Crippen LogP contribution in [0.2, 0.25) is 54.4 Å². The summed E-state index contributed by atoms with van der Waals surface area (Å²) in [6.07, 6.45) is -10.3. The van der Waals surface area contributed by atoms with Crippen molar-refractivity contribution in [1.29, 1.82) is 0 Å². The van der Waals surface area contributed by atoms with Gasteiger partial charge in [0.15, 0.2) is 69.1 Å². The first-order chi connectivity index (χ1) is 50.5. The van der Waals surface area contributed by atoms with E-state index in [0.29, 0.717) is 5.56 Å². The van der Waals surface area contributed by atoms with Gasteiger partial charge in [-0.2, -0.15) is 0 Å². The molecule has 13 unspecified atom stereocenters. The first-order valence-electron chi connectivity index (χ1n) is 35.8. The molecule has 0 amide bonds. The van der Waals surface area contributed by atoms with E-state index in [-0.39, 0.29) is 28.6 Å². The molecule has 3 aliphatic heterocycles. The number of aromatic amines is 3. The van der Waals surface area contributed by atoms with Crippen LogP contribution in [0.3, 0.4) is 0 Å². The Bertz CT molecular complexity index is 4550. The number of aryl methyl sites for hydroxylation is 4. The minimum Gasteiger partial charge on any atom is -0.454 e. The number of nitrogens with zero attached hydrogens (tertiary/aromatic N) is 4. The van der Waals surface area contributed by atoms with Gasteiger partial charge in [0.1, 0.15) is 43.2 Å². The van der Waals surface area contributed by atoms with E-state index < -0.39 is 202 Å². The third-order valence-corrected chi connectivity index (χ3v) is 36.0. The van der Waals surface area contributed by atoms with E-state index in [1.165, 1.54) is 18.6 Å². The summed E-state index contributed by atoms with van der Waals surface area (Å²) in [4.78, 5) is 138. The zero-order valence-corrected chi connectivity index (χ0v) is 70.0. The van der Waals surface area contributed by atoms with Gasteiger partial charge in [0.2, 0.25) is 6.54 Å². The van der Waals surface area contributed by atoms with Gasteiger partial charge < -0.3 is 56.4 Å². The maximum Gasteiger partial charge on any atom is 0.475 e. The van der Waals surface area contributed by atoms with Crippen LogP contribution in [-0.2, 0) is 74.2 Å². The van der Waals surface area contributed by atoms with E-state index in [1.54, 1.807) is 31.2 Å². The minimum atomic E-state index is -4.88. The number of hydrogen-bond acceptors (Lipinski definition) is 25. The summed E-state index contributed by atoms with van der Waals surface area (Å²) in [6.45, 7) is 46.8. The lowest BCUT2D eigenvalue weighted by Crippen LogP contribution is -2.51.